The summed E-state index contributed by atoms with van der Waals surface area (Å²) in [7, 11) is -3.69. The van der Waals surface area contributed by atoms with Crippen LogP contribution >= 0.6 is 0 Å². The molecule has 5 nitrogen and oxygen atoms in total. The Balaban J connectivity index is 1.39. The van der Waals surface area contributed by atoms with E-state index < -0.39 is 15.8 Å². The molecule has 3 aromatic rings. The molecule has 0 spiro atoms. The van der Waals surface area contributed by atoms with Crippen molar-refractivity contribution in [3.05, 3.63) is 95.8 Å². The summed E-state index contributed by atoms with van der Waals surface area (Å²) in [6.45, 7) is 0.507. The smallest absolute Gasteiger partial charge is 0.243 e. The van der Waals surface area contributed by atoms with Gasteiger partial charge in [-0.3, -0.25) is 4.79 Å². The maximum absolute atomic E-state index is 13.1. The molecule has 0 aromatic heterocycles. The predicted molar refractivity (Wildman–Crippen MR) is 122 cm³/mol. The average molecular weight is 453 g/mol. The van der Waals surface area contributed by atoms with Crippen LogP contribution in [-0.2, 0) is 21.2 Å². The lowest BCUT2D eigenvalue weighted by Gasteiger charge is -2.30. The van der Waals surface area contributed by atoms with Crippen molar-refractivity contribution in [1.82, 2.24) is 4.31 Å². The quantitative estimate of drug-likeness (QED) is 0.601. The van der Waals surface area contributed by atoms with Gasteiger partial charge >= 0.3 is 0 Å². The number of benzene rings is 3. The van der Waals surface area contributed by atoms with E-state index in [1.54, 1.807) is 0 Å². The zero-order valence-electron chi connectivity index (χ0n) is 17.6. The van der Waals surface area contributed by atoms with Crippen molar-refractivity contribution >= 4 is 21.6 Å². The second-order valence-electron chi connectivity index (χ2n) is 7.94. The summed E-state index contributed by atoms with van der Waals surface area (Å²) in [5.74, 6) is -0.837. The fraction of sp³-hybridized carbons (Fsp3) is 0.240. The van der Waals surface area contributed by atoms with E-state index in [1.165, 1.54) is 16.4 Å². The van der Waals surface area contributed by atoms with Crippen molar-refractivity contribution in [2.45, 2.75) is 24.2 Å². The molecule has 0 saturated carbocycles. The standard InChI is InChI=1S/C25H25FN2O3S/c26-22-10-12-23(13-11-22)32(30,31)28-16-14-20(15-17-28)25(29)27-24-9-5-4-8-21(24)18-19-6-2-1-3-7-19/h1-13,20H,14-18H2,(H,27,29). The summed E-state index contributed by atoms with van der Waals surface area (Å²) in [5, 5.41) is 3.04. The summed E-state index contributed by atoms with van der Waals surface area (Å²) in [5.41, 5.74) is 2.97. The molecule has 1 aliphatic rings. The number of para-hydroxylation sites is 1. The number of nitrogens with zero attached hydrogens (tertiary/aromatic N) is 1. The third-order valence-corrected chi connectivity index (χ3v) is 7.70. The van der Waals surface area contributed by atoms with E-state index in [-0.39, 0.29) is 29.8 Å². The van der Waals surface area contributed by atoms with Crippen LogP contribution in [0.3, 0.4) is 0 Å². The second kappa shape index (κ2) is 9.63. The minimum atomic E-state index is -3.69. The van der Waals surface area contributed by atoms with Crippen LogP contribution in [0.1, 0.15) is 24.0 Å². The summed E-state index contributed by atoms with van der Waals surface area (Å²) >= 11 is 0. The number of nitrogens with one attached hydrogen (secondary N) is 1. The first-order valence-electron chi connectivity index (χ1n) is 10.6. The molecule has 0 aliphatic carbocycles. The van der Waals surface area contributed by atoms with Crippen molar-refractivity contribution in [3.63, 3.8) is 0 Å². The number of carbonyl (C=O) groups excluding carboxylic acids is 1. The molecule has 1 N–H and O–H groups in total. The van der Waals surface area contributed by atoms with E-state index in [9.17, 15) is 17.6 Å². The van der Waals surface area contributed by atoms with Gasteiger partial charge in [0.05, 0.1) is 4.90 Å². The van der Waals surface area contributed by atoms with Gasteiger partial charge in [-0.25, -0.2) is 12.8 Å². The number of hydrogen-bond acceptors (Lipinski definition) is 3. The molecule has 0 bridgehead atoms. The fourth-order valence-electron chi connectivity index (χ4n) is 3.96. The monoisotopic (exact) mass is 452 g/mol. The molecular formula is C25H25FN2O3S. The Hall–Kier alpha value is -3.03. The first-order valence-corrected chi connectivity index (χ1v) is 12.1. The van der Waals surface area contributed by atoms with E-state index in [2.05, 4.69) is 17.4 Å². The molecule has 0 radical (unpaired) electrons. The van der Waals surface area contributed by atoms with Crippen LogP contribution in [0.15, 0.2) is 83.8 Å². The maximum atomic E-state index is 13.1. The maximum Gasteiger partial charge on any atom is 0.243 e. The Morgan fingerprint density at radius 2 is 1.53 bits per heavy atom. The summed E-state index contributed by atoms with van der Waals surface area (Å²) < 4.78 is 40.1. The highest BCUT2D eigenvalue weighted by molar-refractivity contribution is 7.89. The molecule has 0 unspecified atom stereocenters. The molecule has 1 saturated heterocycles. The van der Waals surface area contributed by atoms with Gasteiger partial charge in [-0.15, -0.1) is 0 Å². The number of anilines is 1. The van der Waals surface area contributed by atoms with Crippen molar-refractivity contribution < 1.29 is 17.6 Å². The number of carbonyl (C=O) groups is 1. The van der Waals surface area contributed by atoms with Crippen LogP contribution in [0.2, 0.25) is 0 Å². The lowest BCUT2D eigenvalue weighted by Crippen LogP contribution is -2.41. The molecule has 3 aromatic carbocycles. The molecule has 4 rings (SSSR count). The minimum Gasteiger partial charge on any atom is -0.326 e. The van der Waals surface area contributed by atoms with Crippen LogP contribution in [0.25, 0.3) is 0 Å². The SMILES string of the molecule is O=C(Nc1ccccc1Cc1ccccc1)C1CCN(S(=O)(=O)c2ccc(F)cc2)CC1. The van der Waals surface area contributed by atoms with Crippen molar-refractivity contribution in [3.8, 4) is 0 Å². The lowest BCUT2D eigenvalue weighted by molar-refractivity contribution is -0.120. The number of piperidine rings is 1. The van der Waals surface area contributed by atoms with Crippen LogP contribution in [0, 0.1) is 11.7 Å². The molecule has 32 heavy (non-hydrogen) atoms. The van der Waals surface area contributed by atoms with Crippen LogP contribution in [0.5, 0.6) is 0 Å². The van der Waals surface area contributed by atoms with Crippen LogP contribution in [-0.4, -0.2) is 31.7 Å². The van der Waals surface area contributed by atoms with Crippen LogP contribution in [0.4, 0.5) is 10.1 Å². The molecule has 0 atom stereocenters. The van der Waals surface area contributed by atoms with Crippen molar-refractivity contribution in [2.24, 2.45) is 5.92 Å². The molecule has 7 heteroatoms. The van der Waals surface area contributed by atoms with Crippen LogP contribution < -0.4 is 5.32 Å². The fourth-order valence-corrected chi connectivity index (χ4v) is 5.43. The van der Waals surface area contributed by atoms with Gasteiger partial charge in [0.15, 0.2) is 0 Å². The summed E-state index contributed by atoms with van der Waals surface area (Å²) in [4.78, 5) is 13.0. The third-order valence-electron chi connectivity index (χ3n) is 5.79. The zero-order valence-corrected chi connectivity index (χ0v) is 18.4. The largest absolute Gasteiger partial charge is 0.326 e. The van der Waals surface area contributed by atoms with Gasteiger partial charge in [0, 0.05) is 24.7 Å². The highest BCUT2D eigenvalue weighted by atomic mass is 32.2. The average Bonchev–Trinajstić information content (AvgIpc) is 2.81. The third kappa shape index (κ3) is 5.06. The minimum absolute atomic E-state index is 0.0663. The zero-order chi connectivity index (χ0) is 22.6. The number of hydrogen-bond donors (Lipinski definition) is 1. The van der Waals surface area contributed by atoms with Gasteiger partial charge in [-0.2, -0.15) is 4.31 Å². The first kappa shape index (κ1) is 22.2. The topological polar surface area (TPSA) is 66.5 Å². The van der Waals surface area contributed by atoms with Gasteiger partial charge < -0.3 is 5.32 Å². The van der Waals surface area contributed by atoms with E-state index in [0.29, 0.717) is 19.3 Å². The van der Waals surface area contributed by atoms with E-state index in [0.717, 1.165) is 28.9 Å². The Morgan fingerprint density at radius 1 is 0.906 bits per heavy atom. The Morgan fingerprint density at radius 3 is 2.22 bits per heavy atom. The summed E-state index contributed by atoms with van der Waals surface area (Å²) in [6.07, 6.45) is 1.59. The van der Waals surface area contributed by atoms with Gasteiger partial charge in [-0.1, -0.05) is 48.5 Å². The number of sulfonamides is 1. The van der Waals surface area contributed by atoms with Gasteiger partial charge in [0.2, 0.25) is 15.9 Å². The Labute approximate surface area is 187 Å². The highest BCUT2D eigenvalue weighted by Crippen LogP contribution is 2.26. The van der Waals surface area contributed by atoms with E-state index >= 15 is 0 Å². The molecule has 1 aliphatic heterocycles. The van der Waals surface area contributed by atoms with Gasteiger partial charge in [0.1, 0.15) is 5.82 Å². The normalized spacial score (nSPS) is 15.4. The van der Waals surface area contributed by atoms with E-state index in [1.807, 2.05) is 42.5 Å². The molecule has 1 heterocycles. The predicted octanol–water partition coefficient (Wildman–Crippen LogP) is 4.46. The van der Waals surface area contributed by atoms with Crippen molar-refractivity contribution in [1.29, 1.82) is 0 Å². The molecule has 1 amide bonds. The Kier molecular flexibility index (Phi) is 6.67. The Bertz CT molecular complexity index is 1170. The molecule has 1 fully saturated rings. The van der Waals surface area contributed by atoms with Gasteiger partial charge in [0.25, 0.3) is 0 Å². The van der Waals surface area contributed by atoms with Crippen molar-refractivity contribution in [2.75, 3.05) is 18.4 Å². The van der Waals surface area contributed by atoms with Gasteiger partial charge in [-0.05, 0) is 60.7 Å². The second-order valence-corrected chi connectivity index (χ2v) is 9.88. The first-order chi connectivity index (χ1) is 15.4. The number of amides is 1. The number of rotatable bonds is 6. The lowest BCUT2D eigenvalue weighted by atomic mass is 9.96. The van der Waals surface area contributed by atoms with E-state index in [4.69, 9.17) is 0 Å². The summed E-state index contributed by atoms with van der Waals surface area (Å²) in [6, 6.07) is 22.6. The number of halogens is 1. The molecule has 166 valence electrons. The molecular weight excluding hydrogens is 427 g/mol. The highest BCUT2D eigenvalue weighted by Gasteiger charge is 2.32.